The molecule has 1 aromatic carbocycles. The summed E-state index contributed by atoms with van der Waals surface area (Å²) in [5, 5.41) is 8.46. The minimum absolute atomic E-state index is 0.0476. The topological polar surface area (TPSA) is 98.3 Å². The SMILES string of the molecule is C[C@H]1CNc2c(sc3ccc4nc(Oc5nc(Cl)ncc5COC(C)(C)C)ccc4c23)C(=O)N1. The van der Waals surface area contributed by atoms with Gasteiger partial charge in [0.25, 0.3) is 5.91 Å². The van der Waals surface area contributed by atoms with Crippen molar-refractivity contribution < 1.29 is 14.3 Å². The van der Waals surface area contributed by atoms with Crippen LogP contribution in [0.4, 0.5) is 5.69 Å². The summed E-state index contributed by atoms with van der Waals surface area (Å²) in [4.78, 5) is 26.3. The summed E-state index contributed by atoms with van der Waals surface area (Å²) in [6, 6.07) is 7.70. The first-order valence-electron chi connectivity index (χ1n) is 10.9. The van der Waals surface area contributed by atoms with Gasteiger partial charge in [-0.2, -0.15) is 4.98 Å². The smallest absolute Gasteiger partial charge is 0.263 e. The molecule has 0 fully saturated rings. The van der Waals surface area contributed by atoms with Crippen LogP contribution >= 0.6 is 22.9 Å². The van der Waals surface area contributed by atoms with Crippen molar-refractivity contribution in [3.8, 4) is 11.8 Å². The third-order valence-corrected chi connectivity index (χ3v) is 6.66. The minimum atomic E-state index is -0.329. The number of ether oxygens (including phenoxy) is 2. The van der Waals surface area contributed by atoms with Crippen molar-refractivity contribution in [3.05, 3.63) is 46.2 Å². The maximum Gasteiger partial charge on any atom is 0.263 e. The highest BCUT2D eigenvalue weighted by molar-refractivity contribution is 7.21. The largest absolute Gasteiger partial charge is 0.420 e. The van der Waals surface area contributed by atoms with Crippen LogP contribution in [-0.4, -0.2) is 39.0 Å². The van der Waals surface area contributed by atoms with Gasteiger partial charge < -0.3 is 20.1 Å². The van der Waals surface area contributed by atoms with Gasteiger partial charge in [0.1, 0.15) is 4.88 Å². The van der Waals surface area contributed by atoms with Crippen molar-refractivity contribution in [3.63, 3.8) is 0 Å². The van der Waals surface area contributed by atoms with Crippen LogP contribution < -0.4 is 15.4 Å². The normalized spacial score (nSPS) is 16.1. The lowest BCUT2D eigenvalue weighted by Gasteiger charge is -2.20. The fraction of sp³-hybridized carbons (Fsp3) is 0.333. The quantitative estimate of drug-likeness (QED) is 0.357. The lowest BCUT2D eigenvalue weighted by atomic mass is 10.1. The number of hydrogen-bond acceptors (Lipinski definition) is 8. The average Bonchev–Trinajstić information content (AvgIpc) is 3.09. The molecule has 0 radical (unpaired) electrons. The van der Waals surface area contributed by atoms with Crippen molar-refractivity contribution in [1.82, 2.24) is 20.3 Å². The number of carbonyl (C=O) groups is 1. The second-order valence-corrected chi connectivity index (χ2v) is 10.6. The van der Waals surface area contributed by atoms with E-state index in [4.69, 9.17) is 26.1 Å². The molecular formula is C24H24ClN5O3S. The predicted octanol–water partition coefficient (Wildman–Crippen LogP) is 5.54. The number of anilines is 1. The first-order valence-corrected chi connectivity index (χ1v) is 12.1. The van der Waals surface area contributed by atoms with Crippen molar-refractivity contribution in [1.29, 1.82) is 0 Å². The number of fused-ring (bicyclic) bond motifs is 5. The molecule has 1 amide bonds. The van der Waals surface area contributed by atoms with E-state index in [1.165, 1.54) is 11.3 Å². The number of nitrogens with zero attached hydrogens (tertiary/aromatic N) is 3. The van der Waals surface area contributed by atoms with Crippen LogP contribution in [0.25, 0.3) is 21.0 Å². The zero-order valence-corrected chi connectivity index (χ0v) is 20.8. The van der Waals surface area contributed by atoms with Gasteiger partial charge in [0.05, 0.1) is 29.0 Å². The summed E-state index contributed by atoms with van der Waals surface area (Å²) < 4.78 is 12.9. The van der Waals surface area contributed by atoms with Crippen molar-refractivity contribution in [2.45, 2.75) is 45.9 Å². The van der Waals surface area contributed by atoms with E-state index in [2.05, 4.69) is 20.6 Å². The Morgan fingerprint density at radius 1 is 1.21 bits per heavy atom. The van der Waals surface area contributed by atoms with Crippen LogP contribution in [-0.2, 0) is 11.3 Å². The Balaban J connectivity index is 1.52. The third-order valence-electron chi connectivity index (χ3n) is 5.32. The molecule has 4 aromatic rings. The van der Waals surface area contributed by atoms with Crippen LogP contribution in [0.3, 0.4) is 0 Å². The molecule has 0 bridgehead atoms. The summed E-state index contributed by atoms with van der Waals surface area (Å²) >= 11 is 7.50. The molecule has 0 aliphatic carbocycles. The number of halogens is 1. The average molecular weight is 498 g/mol. The van der Waals surface area contributed by atoms with Gasteiger partial charge in [-0.05, 0) is 57.5 Å². The Morgan fingerprint density at radius 2 is 2.03 bits per heavy atom. The fourth-order valence-corrected chi connectivity index (χ4v) is 4.94. The molecule has 4 heterocycles. The molecule has 34 heavy (non-hydrogen) atoms. The molecule has 0 unspecified atom stereocenters. The molecule has 0 saturated heterocycles. The second kappa shape index (κ2) is 8.65. The summed E-state index contributed by atoms with van der Waals surface area (Å²) in [6.07, 6.45) is 1.60. The number of benzene rings is 1. The van der Waals surface area contributed by atoms with E-state index < -0.39 is 0 Å². The van der Waals surface area contributed by atoms with Crippen LogP contribution in [0.2, 0.25) is 5.28 Å². The molecule has 5 rings (SSSR count). The highest BCUT2D eigenvalue weighted by atomic mass is 35.5. The monoisotopic (exact) mass is 497 g/mol. The van der Waals surface area contributed by atoms with E-state index in [0.29, 0.717) is 28.7 Å². The van der Waals surface area contributed by atoms with Crippen LogP contribution in [0.1, 0.15) is 42.9 Å². The number of carbonyl (C=O) groups excluding carboxylic acids is 1. The van der Waals surface area contributed by atoms with E-state index in [1.807, 2.05) is 45.9 Å². The standard InChI is InChI=1S/C24H24ClN5O3S/c1-12-9-26-19-18-14-5-8-17(29-15(14)6-7-16(18)34-20(19)21(31)28-12)33-22-13(10-27-23(25)30-22)11-32-24(2,3)4/h5-8,10,12,26H,9,11H2,1-4H3,(H,28,31)/t12-/m0/s1. The lowest BCUT2D eigenvalue weighted by molar-refractivity contribution is -0.0158. The van der Waals surface area contributed by atoms with Gasteiger partial charge in [-0.1, -0.05) is 0 Å². The maximum absolute atomic E-state index is 12.6. The summed E-state index contributed by atoms with van der Waals surface area (Å²) in [5.41, 5.74) is 1.94. The summed E-state index contributed by atoms with van der Waals surface area (Å²) in [5.74, 6) is 0.619. The fourth-order valence-electron chi connectivity index (χ4n) is 3.72. The highest BCUT2D eigenvalue weighted by Crippen LogP contribution is 2.41. The molecule has 10 heteroatoms. The van der Waals surface area contributed by atoms with E-state index in [0.717, 1.165) is 26.7 Å². The zero-order chi connectivity index (χ0) is 24.0. The van der Waals surface area contributed by atoms with E-state index >= 15 is 0 Å². The van der Waals surface area contributed by atoms with Crippen LogP contribution in [0.15, 0.2) is 30.5 Å². The van der Waals surface area contributed by atoms with Gasteiger partial charge >= 0.3 is 0 Å². The first kappa shape index (κ1) is 22.8. The Morgan fingerprint density at radius 3 is 2.82 bits per heavy atom. The lowest BCUT2D eigenvalue weighted by Crippen LogP contribution is -2.34. The number of amides is 1. The number of pyridine rings is 1. The van der Waals surface area contributed by atoms with Gasteiger partial charge in [0.2, 0.25) is 17.0 Å². The number of nitrogens with one attached hydrogen (secondary N) is 2. The molecule has 1 atom stereocenters. The Bertz CT molecular complexity index is 1420. The molecule has 2 N–H and O–H groups in total. The van der Waals surface area contributed by atoms with Gasteiger partial charge in [0, 0.05) is 40.3 Å². The molecule has 1 aliphatic rings. The van der Waals surface area contributed by atoms with E-state index in [1.54, 1.807) is 12.3 Å². The molecule has 0 saturated carbocycles. The van der Waals surface area contributed by atoms with Crippen LogP contribution in [0.5, 0.6) is 11.8 Å². The van der Waals surface area contributed by atoms with E-state index in [-0.39, 0.29) is 29.4 Å². The van der Waals surface area contributed by atoms with Gasteiger partial charge in [0.15, 0.2) is 0 Å². The number of aromatic nitrogens is 3. The predicted molar refractivity (Wildman–Crippen MR) is 134 cm³/mol. The molecule has 3 aromatic heterocycles. The van der Waals surface area contributed by atoms with Gasteiger partial charge in [-0.3, -0.25) is 4.79 Å². The zero-order valence-electron chi connectivity index (χ0n) is 19.2. The molecule has 8 nitrogen and oxygen atoms in total. The Hall–Kier alpha value is -3.01. The van der Waals surface area contributed by atoms with Crippen LogP contribution in [0, 0.1) is 0 Å². The molecule has 0 spiro atoms. The van der Waals surface area contributed by atoms with Gasteiger partial charge in [-0.15, -0.1) is 11.3 Å². The molecule has 176 valence electrons. The second-order valence-electron chi connectivity index (χ2n) is 9.19. The van der Waals surface area contributed by atoms with Crippen molar-refractivity contribution in [2.24, 2.45) is 0 Å². The summed E-state index contributed by atoms with van der Waals surface area (Å²) in [7, 11) is 0. The maximum atomic E-state index is 12.6. The van der Waals surface area contributed by atoms with E-state index in [9.17, 15) is 4.79 Å². The molecule has 1 aliphatic heterocycles. The van der Waals surface area contributed by atoms with Gasteiger partial charge in [-0.25, -0.2) is 9.97 Å². The Kier molecular flexibility index (Phi) is 5.79. The molecular weight excluding hydrogens is 474 g/mol. The minimum Gasteiger partial charge on any atom is -0.420 e. The highest BCUT2D eigenvalue weighted by Gasteiger charge is 2.25. The van der Waals surface area contributed by atoms with Crippen molar-refractivity contribution >= 4 is 55.5 Å². The third kappa shape index (κ3) is 4.51. The first-order chi connectivity index (χ1) is 16.2. The summed E-state index contributed by atoms with van der Waals surface area (Å²) in [6.45, 7) is 8.83. The number of rotatable bonds is 4. The Labute approximate surface area is 205 Å². The van der Waals surface area contributed by atoms with Crippen molar-refractivity contribution in [2.75, 3.05) is 11.9 Å². The number of hydrogen-bond donors (Lipinski definition) is 2. The number of thiophene rings is 1.